The average molecular weight is 313 g/mol. The fourth-order valence-corrected chi connectivity index (χ4v) is 2.80. The van der Waals surface area contributed by atoms with E-state index in [9.17, 15) is 4.79 Å². The summed E-state index contributed by atoms with van der Waals surface area (Å²) in [6, 6.07) is 9.97. The van der Waals surface area contributed by atoms with Crippen LogP contribution in [0, 0.1) is 0 Å². The van der Waals surface area contributed by atoms with Gasteiger partial charge in [-0.05, 0) is 43.4 Å². The van der Waals surface area contributed by atoms with Crippen molar-refractivity contribution in [3.05, 3.63) is 48.3 Å². The first-order valence-corrected chi connectivity index (χ1v) is 8.28. The summed E-state index contributed by atoms with van der Waals surface area (Å²) in [4.78, 5) is 11.9. The van der Waals surface area contributed by atoms with Gasteiger partial charge in [0.25, 0.3) is 0 Å². The number of aryl methyl sites for hydroxylation is 1. The van der Waals surface area contributed by atoms with Gasteiger partial charge in [0.2, 0.25) is 5.91 Å². The summed E-state index contributed by atoms with van der Waals surface area (Å²) in [5.41, 5.74) is 2.10. The minimum Gasteiger partial charge on any atom is -0.378 e. The van der Waals surface area contributed by atoms with Crippen molar-refractivity contribution in [2.45, 2.75) is 38.2 Å². The number of ether oxygens (including phenoxy) is 1. The molecule has 0 saturated carbocycles. The van der Waals surface area contributed by atoms with E-state index >= 15 is 0 Å². The summed E-state index contributed by atoms with van der Waals surface area (Å²) in [5.74, 6) is 0.0930. The van der Waals surface area contributed by atoms with Gasteiger partial charge in [0.1, 0.15) is 0 Å². The Bertz CT molecular complexity index is 618. The smallest absolute Gasteiger partial charge is 0.220 e. The molecule has 0 unspecified atom stereocenters. The van der Waals surface area contributed by atoms with E-state index in [0.717, 1.165) is 37.1 Å². The van der Waals surface area contributed by atoms with E-state index in [1.165, 1.54) is 0 Å². The van der Waals surface area contributed by atoms with Gasteiger partial charge in [0, 0.05) is 25.8 Å². The van der Waals surface area contributed by atoms with E-state index in [1.54, 1.807) is 0 Å². The molecule has 1 saturated heterocycles. The number of hydrogen-bond acceptors (Lipinski definition) is 3. The van der Waals surface area contributed by atoms with Crippen molar-refractivity contribution in [3.8, 4) is 5.69 Å². The fourth-order valence-electron chi connectivity index (χ4n) is 2.80. The van der Waals surface area contributed by atoms with Crippen molar-refractivity contribution in [2.24, 2.45) is 0 Å². The van der Waals surface area contributed by atoms with Crippen LogP contribution in [0.25, 0.3) is 5.69 Å². The van der Waals surface area contributed by atoms with Crippen LogP contribution in [0.3, 0.4) is 0 Å². The molecule has 1 aromatic carbocycles. The maximum atomic E-state index is 11.9. The van der Waals surface area contributed by atoms with Crippen LogP contribution in [0.5, 0.6) is 0 Å². The number of hydrogen-bond donors (Lipinski definition) is 1. The van der Waals surface area contributed by atoms with Crippen LogP contribution in [0.1, 0.15) is 31.2 Å². The van der Waals surface area contributed by atoms with Gasteiger partial charge in [-0.2, -0.15) is 5.10 Å². The SMILES string of the molecule is O=C(CCc1cnn(-c2ccccc2)c1)NCC[C@H]1CCCO1. The lowest BCUT2D eigenvalue weighted by atomic mass is 10.1. The van der Waals surface area contributed by atoms with Crippen molar-refractivity contribution >= 4 is 5.91 Å². The topological polar surface area (TPSA) is 56.2 Å². The van der Waals surface area contributed by atoms with Gasteiger partial charge in [-0.25, -0.2) is 4.68 Å². The van der Waals surface area contributed by atoms with Crippen LogP contribution >= 0.6 is 0 Å². The number of rotatable bonds is 7. The van der Waals surface area contributed by atoms with Gasteiger partial charge >= 0.3 is 0 Å². The Kier molecular flexibility index (Phi) is 5.42. The second-order valence-electron chi connectivity index (χ2n) is 5.90. The molecule has 0 spiro atoms. The van der Waals surface area contributed by atoms with E-state index < -0.39 is 0 Å². The highest BCUT2D eigenvalue weighted by Crippen LogP contribution is 2.14. The standard InChI is InChI=1S/C18H23N3O2/c22-18(19-11-10-17-7-4-12-23-17)9-8-15-13-20-21(14-15)16-5-2-1-3-6-16/h1-3,5-6,13-14,17H,4,7-12H2,(H,19,22)/t17-/m1/s1. The molecule has 1 amide bonds. The third-order valence-corrected chi connectivity index (χ3v) is 4.11. The molecule has 2 heterocycles. The molecule has 1 aromatic heterocycles. The molecule has 0 radical (unpaired) electrons. The molecule has 1 N–H and O–H groups in total. The van der Waals surface area contributed by atoms with Crippen LogP contribution in [0.2, 0.25) is 0 Å². The first-order valence-electron chi connectivity index (χ1n) is 8.28. The third-order valence-electron chi connectivity index (χ3n) is 4.11. The zero-order valence-corrected chi connectivity index (χ0v) is 13.3. The molecule has 122 valence electrons. The van der Waals surface area contributed by atoms with E-state index in [-0.39, 0.29) is 5.91 Å². The molecule has 5 heteroatoms. The van der Waals surface area contributed by atoms with Crippen molar-refractivity contribution in [1.29, 1.82) is 0 Å². The maximum Gasteiger partial charge on any atom is 0.220 e. The average Bonchev–Trinajstić information content (AvgIpc) is 3.25. The van der Waals surface area contributed by atoms with Gasteiger partial charge in [-0.15, -0.1) is 0 Å². The van der Waals surface area contributed by atoms with E-state index in [4.69, 9.17) is 4.74 Å². The Morgan fingerprint density at radius 3 is 3.00 bits per heavy atom. The normalized spacial score (nSPS) is 17.3. The Morgan fingerprint density at radius 1 is 1.35 bits per heavy atom. The van der Waals surface area contributed by atoms with E-state index in [0.29, 0.717) is 25.5 Å². The Hall–Kier alpha value is -2.14. The molecule has 0 bridgehead atoms. The molecule has 1 aliphatic rings. The summed E-state index contributed by atoms with van der Waals surface area (Å²) in [5, 5.41) is 7.32. The summed E-state index contributed by atoms with van der Waals surface area (Å²) in [6.45, 7) is 1.57. The van der Waals surface area contributed by atoms with Crippen molar-refractivity contribution in [3.63, 3.8) is 0 Å². The third kappa shape index (κ3) is 4.66. The molecule has 5 nitrogen and oxygen atoms in total. The second-order valence-corrected chi connectivity index (χ2v) is 5.90. The summed E-state index contributed by atoms with van der Waals surface area (Å²) < 4.78 is 7.38. The predicted molar refractivity (Wildman–Crippen MR) is 88.5 cm³/mol. The fraction of sp³-hybridized carbons (Fsp3) is 0.444. The van der Waals surface area contributed by atoms with Gasteiger partial charge in [-0.3, -0.25) is 4.79 Å². The minimum atomic E-state index is 0.0930. The molecule has 0 aliphatic carbocycles. The Labute approximate surface area is 136 Å². The number of carbonyl (C=O) groups is 1. The number of benzene rings is 1. The zero-order valence-electron chi connectivity index (χ0n) is 13.3. The van der Waals surface area contributed by atoms with Crippen molar-refractivity contribution < 1.29 is 9.53 Å². The van der Waals surface area contributed by atoms with Gasteiger partial charge in [0.05, 0.1) is 18.0 Å². The van der Waals surface area contributed by atoms with Gasteiger partial charge < -0.3 is 10.1 Å². The lowest BCUT2D eigenvalue weighted by molar-refractivity contribution is -0.121. The highest BCUT2D eigenvalue weighted by atomic mass is 16.5. The largest absolute Gasteiger partial charge is 0.378 e. The Morgan fingerprint density at radius 2 is 2.22 bits per heavy atom. The molecular weight excluding hydrogens is 290 g/mol. The van der Waals surface area contributed by atoms with Crippen LogP contribution in [-0.2, 0) is 16.0 Å². The number of aromatic nitrogens is 2. The van der Waals surface area contributed by atoms with Gasteiger partial charge in [-0.1, -0.05) is 18.2 Å². The van der Waals surface area contributed by atoms with Gasteiger partial charge in [0.15, 0.2) is 0 Å². The van der Waals surface area contributed by atoms with Crippen LogP contribution in [-0.4, -0.2) is 34.9 Å². The number of amides is 1. The highest BCUT2D eigenvalue weighted by Gasteiger charge is 2.15. The number of para-hydroxylation sites is 1. The molecule has 1 fully saturated rings. The first-order chi connectivity index (χ1) is 11.3. The number of nitrogens with zero attached hydrogens (tertiary/aromatic N) is 2. The lowest BCUT2D eigenvalue weighted by Gasteiger charge is -2.09. The van der Waals surface area contributed by atoms with Crippen LogP contribution in [0.4, 0.5) is 0 Å². The molecule has 2 aromatic rings. The zero-order chi connectivity index (χ0) is 15.9. The van der Waals surface area contributed by atoms with E-state index in [2.05, 4.69) is 10.4 Å². The van der Waals surface area contributed by atoms with Crippen molar-refractivity contribution in [2.75, 3.05) is 13.2 Å². The van der Waals surface area contributed by atoms with Crippen molar-refractivity contribution in [1.82, 2.24) is 15.1 Å². The highest BCUT2D eigenvalue weighted by molar-refractivity contribution is 5.76. The van der Waals surface area contributed by atoms with E-state index in [1.807, 2.05) is 47.4 Å². The lowest BCUT2D eigenvalue weighted by Crippen LogP contribution is -2.27. The molecule has 23 heavy (non-hydrogen) atoms. The van der Waals surface area contributed by atoms with Crippen LogP contribution < -0.4 is 5.32 Å². The molecular formula is C18H23N3O2. The molecule has 1 aliphatic heterocycles. The molecule has 1 atom stereocenters. The first kappa shape index (κ1) is 15.7. The summed E-state index contributed by atoms with van der Waals surface area (Å²) >= 11 is 0. The second kappa shape index (κ2) is 7.92. The van der Waals surface area contributed by atoms with Crippen LogP contribution in [0.15, 0.2) is 42.7 Å². The Balaban J connectivity index is 1.40. The quantitative estimate of drug-likeness (QED) is 0.854. The number of carbonyl (C=O) groups excluding carboxylic acids is 1. The number of nitrogens with one attached hydrogen (secondary N) is 1. The summed E-state index contributed by atoms with van der Waals surface area (Å²) in [7, 11) is 0. The summed E-state index contributed by atoms with van der Waals surface area (Å²) in [6.07, 6.45) is 8.52. The monoisotopic (exact) mass is 313 g/mol. The minimum absolute atomic E-state index is 0.0930. The predicted octanol–water partition coefficient (Wildman–Crippen LogP) is 2.49. The molecule has 3 rings (SSSR count). The maximum absolute atomic E-state index is 11.9.